The van der Waals surface area contributed by atoms with Gasteiger partial charge in [-0.1, -0.05) is 0 Å². The number of hydrogen-bond donors (Lipinski definition) is 5. The van der Waals surface area contributed by atoms with Gasteiger partial charge in [0.25, 0.3) is 0 Å². The van der Waals surface area contributed by atoms with E-state index in [0.717, 1.165) is 7.05 Å². The summed E-state index contributed by atoms with van der Waals surface area (Å²) < 4.78 is 21.2. The van der Waals surface area contributed by atoms with E-state index < -0.39 is 27.1 Å². The fraction of sp³-hybridized carbons (Fsp3) is 1.00. The Morgan fingerprint density at radius 2 is 1.46 bits per heavy atom. The third kappa shape index (κ3) is 4.85. The van der Waals surface area contributed by atoms with Gasteiger partial charge in [0.2, 0.25) is 0 Å². The summed E-state index contributed by atoms with van der Waals surface area (Å²) in [6.07, 6.45) is 0. The van der Waals surface area contributed by atoms with Crippen molar-refractivity contribution in [3.05, 3.63) is 0 Å². The molecule has 0 bridgehead atoms. The molecule has 0 atom stereocenters. The lowest BCUT2D eigenvalue weighted by atomic mass is 10.7. The highest BCUT2D eigenvalue weighted by Crippen LogP contribution is 2.59. The summed E-state index contributed by atoms with van der Waals surface area (Å²) in [4.78, 5) is 34.2. The summed E-state index contributed by atoms with van der Waals surface area (Å²) >= 11 is 0. The molecule has 0 aliphatic carbocycles. The first-order valence-corrected chi connectivity index (χ1v) is 6.42. The van der Waals surface area contributed by atoms with Gasteiger partial charge < -0.3 is 24.8 Å². The molecule has 0 saturated heterocycles. The SMILES string of the molecule is CN(O)CC(P(=O)(O)O)P(=O)(O)O. The predicted molar refractivity (Wildman–Crippen MR) is 42.3 cm³/mol. The molecule has 8 nitrogen and oxygen atoms in total. The van der Waals surface area contributed by atoms with Crippen LogP contribution in [0.5, 0.6) is 0 Å². The molecule has 0 rings (SSSR count). The van der Waals surface area contributed by atoms with Crippen molar-refractivity contribution in [1.82, 2.24) is 5.06 Å². The van der Waals surface area contributed by atoms with Crippen molar-refractivity contribution in [1.29, 1.82) is 0 Å². The van der Waals surface area contributed by atoms with E-state index in [0.29, 0.717) is 5.06 Å². The molecular formula is C3H11NO7P2. The van der Waals surface area contributed by atoms with E-state index in [1.54, 1.807) is 0 Å². The topological polar surface area (TPSA) is 139 Å². The van der Waals surface area contributed by atoms with Gasteiger partial charge in [-0.2, -0.15) is 5.06 Å². The van der Waals surface area contributed by atoms with Crippen LogP contribution in [-0.2, 0) is 9.13 Å². The Morgan fingerprint density at radius 3 is 1.54 bits per heavy atom. The maximum absolute atomic E-state index is 10.6. The second-order valence-corrected chi connectivity index (χ2v) is 6.51. The largest absolute Gasteiger partial charge is 0.342 e. The van der Waals surface area contributed by atoms with Crippen LogP contribution in [0.1, 0.15) is 0 Å². The highest BCUT2D eigenvalue weighted by atomic mass is 31.2. The highest BCUT2D eigenvalue weighted by Gasteiger charge is 2.43. The number of nitrogens with zero attached hydrogens (tertiary/aromatic N) is 1. The van der Waals surface area contributed by atoms with Gasteiger partial charge in [-0.05, 0) is 0 Å². The minimum absolute atomic E-state index is 0.308. The highest BCUT2D eigenvalue weighted by molar-refractivity contribution is 7.70. The minimum Gasteiger partial charge on any atom is -0.324 e. The van der Waals surface area contributed by atoms with E-state index >= 15 is 0 Å². The Labute approximate surface area is 74.1 Å². The average molecular weight is 235 g/mol. The van der Waals surface area contributed by atoms with Gasteiger partial charge in [0.15, 0.2) is 5.40 Å². The van der Waals surface area contributed by atoms with Crippen molar-refractivity contribution in [3.63, 3.8) is 0 Å². The molecule has 0 unspecified atom stereocenters. The minimum atomic E-state index is -4.92. The quantitative estimate of drug-likeness (QED) is 0.308. The second kappa shape index (κ2) is 4.16. The van der Waals surface area contributed by atoms with Crippen LogP contribution in [0.4, 0.5) is 0 Å². The smallest absolute Gasteiger partial charge is 0.324 e. The molecule has 80 valence electrons. The van der Waals surface area contributed by atoms with Gasteiger partial charge in [-0.25, -0.2) is 0 Å². The third-order valence-electron chi connectivity index (χ3n) is 1.20. The van der Waals surface area contributed by atoms with Crippen LogP contribution in [0.2, 0.25) is 0 Å². The van der Waals surface area contributed by atoms with E-state index in [-0.39, 0.29) is 0 Å². The number of hydrogen-bond acceptors (Lipinski definition) is 4. The zero-order valence-electron chi connectivity index (χ0n) is 6.68. The van der Waals surface area contributed by atoms with Crippen LogP contribution in [0.3, 0.4) is 0 Å². The summed E-state index contributed by atoms with van der Waals surface area (Å²) in [7, 11) is -8.81. The molecule has 0 aliphatic heterocycles. The lowest BCUT2D eigenvalue weighted by molar-refractivity contribution is -0.0626. The monoisotopic (exact) mass is 235 g/mol. The summed E-state index contributed by atoms with van der Waals surface area (Å²) in [5, 5.41) is 6.72. The van der Waals surface area contributed by atoms with Crippen molar-refractivity contribution in [2.75, 3.05) is 13.6 Å². The molecule has 0 heterocycles. The molecule has 0 spiro atoms. The Bertz CT molecular complexity index is 230. The second-order valence-electron chi connectivity index (χ2n) is 2.50. The molecular weight excluding hydrogens is 224 g/mol. The van der Waals surface area contributed by atoms with E-state index in [1.807, 2.05) is 0 Å². The van der Waals surface area contributed by atoms with Crippen LogP contribution in [0, 0.1) is 0 Å². The molecule has 0 aromatic carbocycles. The summed E-state index contributed by atoms with van der Waals surface area (Å²) in [6.45, 7) is -0.797. The van der Waals surface area contributed by atoms with Gasteiger partial charge in [-0.3, -0.25) is 9.13 Å². The summed E-state index contributed by atoms with van der Waals surface area (Å²) in [5.74, 6) is 0. The molecule has 0 fully saturated rings. The van der Waals surface area contributed by atoms with Crippen LogP contribution < -0.4 is 0 Å². The fourth-order valence-electron chi connectivity index (χ4n) is 0.645. The molecule has 13 heavy (non-hydrogen) atoms. The first kappa shape index (κ1) is 13.2. The van der Waals surface area contributed by atoms with Crippen LogP contribution >= 0.6 is 15.2 Å². The van der Waals surface area contributed by atoms with E-state index in [2.05, 4.69) is 0 Å². The van der Waals surface area contributed by atoms with Crippen molar-refractivity contribution in [2.45, 2.75) is 5.40 Å². The first-order chi connectivity index (χ1) is 5.55. The zero-order valence-corrected chi connectivity index (χ0v) is 8.47. The Morgan fingerprint density at radius 1 is 1.15 bits per heavy atom. The molecule has 0 aromatic heterocycles. The summed E-state index contributed by atoms with van der Waals surface area (Å²) in [5.41, 5.74) is 0. The molecule has 0 saturated carbocycles. The fourth-order valence-corrected chi connectivity index (χ4v) is 3.11. The van der Waals surface area contributed by atoms with Crippen LogP contribution in [0.25, 0.3) is 0 Å². The van der Waals surface area contributed by atoms with Crippen LogP contribution in [-0.4, -0.2) is 48.8 Å². The Balaban J connectivity index is 4.80. The zero-order chi connectivity index (χ0) is 10.9. The first-order valence-electron chi connectivity index (χ1n) is 3.05. The average Bonchev–Trinajstić information content (AvgIpc) is 1.77. The van der Waals surface area contributed by atoms with Crippen molar-refractivity contribution in [2.24, 2.45) is 0 Å². The van der Waals surface area contributed by atoms with Gasteiger partial charge >= 0.3 is 15.2 Å². The van der Waals surface area contributed by atoms with Gasteiger partial charge in [0.1, 0.15) is 0 Å². The van der Waals surface area contributed by atoms with Crippen molar-refractivity contribution in [3.8, 4) is 0 Å². The number of rotatable bonds is 4. The normalized spacial score (nSPS) is 14.2. The van der Waals surface area contributed by atoms with Crippen LogP contribution in [0.15, 0.2) is 0 Å². The van der Waals surface area contributed by atoms with Crippen molar-refractivity contribution >= 4 is 15.2 Å². The van der Waals surface area contributed by atoms with Gasteiger partial charge in [0.05, 0.1) is 0 Å². The van der Waals surface area contributed by atoms with Gasteiger partial charge in [-0.15, -0.1) is 0 Å². The molecule has 0 amide bonds. The van der Waals surface area contributed by atoms with Gasteiger partial charge in [0, 0.05) is 13.6 Å². The van der Waals surface area contributed by atoms with Crippen molar-refractivity contribution < 1.29 is 33.9 Å². The Kier molecular flexibility index (Phi) is 4.23. The predicted octanol–water partition coefficient (Wildman–Crippen LogP) is -1.01. The lowest BCUT2D eigenvalue weighted by Gasteiger charge is -2.21. The molecule has 0 aromatic rings. The van der Waals surface area contributed by atoms with E-state index in [1.165, 1.54) is 0 Å². The summed E-state index contributed by atoms with van der Waals surface area (Å²) in [6, 6.07) is 0. The van der Waals surface area contributed by atoms with E-state index in [4.69, 9.17) is 24.8 Å². The number of hydroxylamine groups is 2. The molecule has 0 aliphatic rings. The van der Waals surface area contributed by atoms with E-state index in [9.17, 15) is 9.13 Å². The third-order valence-corrected chi connectivity index (χ3v) is 4.89. The lowest BCUT2D eigenvalue weighted by Crippen LogP contribution is -2.26. The molecule has 5 N–H and O–H groups in total. The Hall–Kier alpha value is 0.220. The molecule has 0 radical (unpaired) electrons. The maximum Gasteiger partial charge on any atom is 0.342 e. The maximum atomic E-state index is 10.6. The standard InChI is InChI=1S/C3H11NO7P2/c1-4(5)2-3(12(6,7)8)13(9,10)11/h3,5H,2H2,1H3,(H2,6,7,8)(H2,9,10,11). The molecule has 10 heteroatoms.